The minimum absolute atomic E-state index is 0.176. The molecule has 3 N–H and O–H groups in total. The molecule has 3 amide bonds. The van der Waals surface area contributed by atoms with E-state index in [9.17, 15) is 9.59 Å². The van der Waals surface area contributed by atoms with Crippen molar-refractivity contribution in [2.75, 3.05) is 73.5 Å². The second-order valence-corrected chi connectivity index (χ2v) is 11.9. The van der Waals surface area contributed by atoms with E-state index >= 15 is 0 Å². The number of carbonyl (C=O) groups excluding carboxylic acids is 2. The van der Waals surface area contributed by atoms with Gasteiger partial charge in [-0.3, -0.25) is 4.79 Å². The highest BCUT2D eigenvalue weighted by molar-refractivity contribution is 6.04. The fourth-order valence-corrected chi connectivity index (χ4v) is 5.74. The number of piperazine rings is 1. The second kappa shape index (κ2) is 16.2. The van der Waals surface area contributed by atoms with E-state index in [4.69, 9.17) is 9.47 Å². The fraction of sp³-hybridized carbons (Fsp3) is 0.444. The molecule has 1 aliphatic heterocycles. The molecule has 1 heterocycles. The van der Waals surface area contributed by atoms with Crippen LogP contribution in [-0.2, 0) is 4.74 Å². The Balaban J connectivity index is 1.54. The Bertz CT molecular complexity index is 1410. The second-order valence-electron chi connectivity index (χ2n) is 11.9. The van der Waals surface area contributed by atoms with E-state index in [1.54, 1.807) is 13.2 Å². The molecule has 4 rings (SSSR count). The lowest BCUT2D eigenvalue weighted by Gasteiger charge is -2.38. The van der Waals surface area contributed by atoms with Gasteiger partial charge in [0.05, 0.1) is 18.4 Å². The molecule has 0 atom stereocenters. The molecule has 0 aliphatic carbocycles. The van der Waals surface area contributed by atoms with Gasteiger partial charge in [-0.05, 0) is 66.6 Å². The maximum Gasteiger partial charge on any atom is 0.323 e. The van der Waals surface area contributed by atoms with Gasteiger partial charge < -0.3 is 35.2 Å². The Morgan fingerprint density at radius 3 is 2.09 bits per heavy atom. The summed E-state index contributed by atoms with van der Waals surface area (Å²) in [5.74, 6) is 1.17. The summed E-state index contributed by atoms with van der Waals surface area (Å²) >= 11 is 0. The number of ether oxygens (including phenoxy) is 2. The van der Waals surface area contributed by atoms with Crippen LogP contribution in [-0.4, -0.2) is 65.0 Å². The average molecular weight is 616 g/mol. The predicted molar refractivity (Wildman–Crippen MR) is 185 cm³/mol. The van der Waals surface area contributed by atoms with Gasteiger partial charge in [0, 0.05) is 63.0 Å². The lowest BCUT2D eigenvalue weighted by Crippen LogP contribution is -2.47. The number of amides is 3. The van der Waals surface area contributed by atoms with Crippen molar-refractivity contribution >= 4 is 34.7 Å². The highest BCUT2D eigenvalue weighted by Crippen LogP contribution is 2.33. The molecule has 0 radical (unpaired) electrons. The summed E-state index contributed by atoms with van der Waals surface area (Å²) in [5, 5.41) is 9.14. The molecule has 0 aromatic heterocycles. The predicted octanol–water partition coefficient (Wildman–Crippen LogP) is 7.07. The molecule has 0 spiro atoms. The van der Waals surface area contributed by atoms with E-state index in [2.05, 4.69) is 71.6 Å². The summed E-state index contributed by atoms with van der Waals surface area (Å²) in [6, 6.07) is 19.4. The Morgan fingerprint density at radius 1 is 0.822 bits per heavy atom. The molecule has 3 aromatic carbocycles. The number of hydrogen-bond acceptors (Lipinski definition) is 6. The van der Waals surface area contributed by atoms with Crippen molar-refractivity contribution in [3.63, 3.8) is 0 Å². The van der Waals surface area contributed by atoms with Crippen LogP contribution >= 0.6 is 0 Å². The summed E-state index contributed by atoms with van der Waals surface area (Å²) in [6.07, 6.45) is 0.723. The third-order valence-corrected chi connectivity index (χ3v) is 8.11. The molecule has 1 saturated heterocycles. The molecule has 0 saturated carbocycles. The quantitative estimate of drug-likeness (QED) is 0.178. The van der Waals surface area contributed by atoms with Crippen LogP contribution in [0.1, 0.15) is 74.4 Å². The number of methoxy groups -OCH3 is 1. The van der Waals surface area contributed by atoms with E-state index in [1.165, 1.54) is 0 Å². The first-order valence-electron chi connectivity index (χ1n) is 16.1. The van der Waals surface area contributed by atoms with Gasteiger partial charge in [0.2, 0.25) is 0 Å². The monoisotopic (exact) mass is 615 g/mol. The SMILES string of the molecule is CCOCCCNC(=O)c1cc(NC(=O)Nc2c(C(C)C)cccc2C(C)C)ccc1N1CCN(c2ccccc2OC)CC1. The van der Waals surface area contributed by atoms with Gasteiger partial charge >= 0.3 is 6.03 Å². The lowest BCUT2D eigenvalue weighted by atomic mass is 9.93. The number of nitrogens with one attached hydrogen (secondary N) is 3. The third kappa shape index (κ3) is 8.69. The van der Waals surface area contributed by atoms with Gasteiger partial charge in [-0.15, -0.1) is 0 Å². The van der Waals surface area contributed by atoms with Crippen molar-refractivity contribution in [3.05, 3.63) is 77.4 Å². The number of anilines is 4. The number of urea groups is 1. The molecular formula is C36H49N5O4. The number of rotatable bonds is 13. The van der Waals surface area contributed by atoms with Crippen molar-refractivity contribution in [3.8, 4) is 5.75 Å². The molecule has 45 heavy (non-hydrogen) atoms. The molecular weight excluding hydrogens is 566 g/mol. The number of hydrogen-bond donors (Lipinski definition) is 3. The van der Waals surface area contributed by atoms with Crippen LogP contribution in [0.25, 0.3) is 0 Å². The Labute approximate surface area is 268 Å². The molecule has 3 aromatic rings. The summed E-state index contributed by atoms with van der Waals surface area (Å²) in [5.41, 5.74) is 6.01. The molecule has 9 nitrogen and oxygen atoms in total. The van der Waals surface area contributed by atoms with Crippen molar-refractivity contribution in [1.29, 1.82) is 0 Å². The molecule has 9 heteroatoms. The van der Waals surface area contributed by atoms with E-state index in [1.807, 2.05) is 43.3 Å². The van der Waals surface area contributed by atoms with Gasteiger partial charge in [-0.2, -0.15) is 0 Å². The van der Waals surface area contributed by atoms with Crippen molar-refractivity contribution in [2.45, 2.75) is 52.9 Å². The first kappa shape index (κ1) is 33.6. The number of para-hydroxylation sites is 3. The summed E-state index contributed by atoms with van der Waals surface area (Å²) in [7, 11) is 1.69. The molecule has 1 aliphatic rings. The Morgan fingerprint density at radius 2 is 1.47 bits per heavy atom. The van der Waals surface area contributed by atoms with E-state index < -0.39 is 0 Å². The normalized spacial score (nSPS) is 13.2. The van der Waals surface area contributed by atoms with Crippen LogP contribution in [0.5, 0.6) is 5.75 Å². The van der Waals surface area contributed by atoms with Crippen molar-refractivity contribution in [2.24, 2.45) is 0 Å². The van der Waals surface area contributed by atoms with Crippen molar-refractivity contribution in [1.82, 2.24) is 5.32 Å². The summed E-state index contributed by atoms with van der Waals surface area (Å²) in [4.78, 5) is 31.4. The van der Waals surface area contributed by atoms with E-state index in [0.717, 1.165) is 66.5 Å². The van der Waals surface area contributed by atoms with Crippen LogP contribution in [0, 0.1) is 0 Å². The Kier molecular flexibility index (Phi) is 12.1. The third-order valence-electron chi connectivity index (χ3n) is 8.11. The topological polar surface area (TPSA) is 95.2 Å². The summed E-state index contributed by atoms with van der Waals surface area (Å²) in [6.45, 7) is 15.2. The zero-order valence-electron chi connectivity index (χ0n) is 27.6. The standard InChI is InChI=1S/C36H49N5O4/c1-7-45-23-11-18-37-35(42)30-24-27(38-36(43)39-34-28(25(2)3)12-10-13-29(34)26(4)5)16-17-31(30)40-19-21-41(22-20-40)32-14-8-9-15-33(32)44-6/h8-10,12-17,24-26H,7,11,18-23H2,1-6H3,(H,37,42)(H2,38,39,43). The van der Waals surface area contributed by atoms with Crippen LogP contribution in [0.4, 0.5) is 27.5 Å². The van der Waals surface area contributed by atoms with Crippen LogP contribution in [0.15, 0.2) is 60.7 Å². The van der Waals surface area contributed by atoms with Gasteiger partial charge in [0.15, 0.2) is 0 Å². The zero-order chi connectivity index (χ0) is 32.3. The fourth-order valence-electron chi connectivity index (χ4n) is 5.74. The number of benzene rings is 3. The minimum atomic E-state index is -0.341. The highest BCUT2D eigenvalue weighted by Gasteiger charge is 2.24. The van der Waals surface area contributed by atoms with E-state index in [-0.39, 0.29) is 23.8 Å². The van der Waals surface area contributed by atoms with E-state index in [0.29, 0.717) is 31.0 Å². The van der Waals surface area contributed by atoms with Crippen LogP contribution < -0.4 is 30.5 Å². The Hall–Kier alpha value is -4.24. The number of nitrogens with zero attached hydrogens (tertiary/aromatic N) is 2. The maximum atomic E-state index is 13.5. The van der Waals surface area contributed by atoms with Crippen LogP contribution in [0.2, 0.25) is 0 Å². The zero-order valence-corrected chi connectivity index (χ0v) is 27.6. The van der Waals surface area contributed by atoms with Gasteiger partial charge in [0.25, 0.3) is 5.91 Å². The van der Waals surface area contributed by atoms with Gasteiger partial charge in [0.1, 0.15) is 5.75 Å². The maximum absolute atomic E-state index is 13.5. The molecule has 0 unspecified atom stereocenters. The van der Waals surface area contributed by atoms with Crippen LogP contribution in [0.3, 0.4) is 0 Å². The number of carbonyl (C=O) groups is 2. The lowest BCUT2D eigenvalue weighted by molar-refractivity contribution is 0.0944. The van der Waals surface area contributed by atoms with Gasteiger partial charge in [-0.25, -0.2) is 4.79 Å². The first-order valence-corrected chi connectivity index (χ1v) is 16.1. The highest BCUT2D eigenvalue weighted by atomic mass is 16.5. The molecule has 1 fully saturated rings. The first-order chi connectivity index (χ1) is 21.7. The van der Waals surface area contributed by atoms with Crippen molar-refractivity contribution < 1.29 is 19.1 Å². The minimum Gasteiger partial charge on any atom is -0.495 e. The van der Waals surface area contributed by atoms with Gasteiger partial charge in [-0.1, -0.05) is 58.0 Å². The largest absolute Gasteiger partial charge is 0.495 e. The molecule has 0 bridgehead atoms. The average Bonchev–Trinajstić information content (AvgIpc) is 3.04. The summed E-state index contributed by atoms with van der Waals surface area (Å²) < 4.78 is 11.0. The smallest absolute Gasteiger partial charge is 0.323 e. The molecule has 242 valence electrons.